The number of hydrogen-bond donors (Lipinski definition) is 0. The molecule has 2 fully saturated rings. The van der Waals surface area contributed by atoms with E-state index in [-0.39, 0.29) is 35.1 Å². The summed E-state index contributed by atoms with van der Waals surface area (Å²) in [5.74, 6) is 1.36. The van der Waals surface area contributed by atoms with E-state index < -0.39 is 5.41 Å². The molecule has 1 spiro atoms. The van der Waals surface area contributed by atoms with Crippen molar-refractivity contribution in [3.05, 3.63) is 118 Å². The van der Waals surface area contributed by atoms with E-state index in [1.807, 2.05) is 6.07 Å². The van der Waals surface area contributed by atoms with Gasteiger partial charge in [0.2, 0.25) is 0 Å². The monoisotopic (exact) mass is 560 g/mol. The van der Waals surface area contributed by atoms with E-state index in [1.165, 1.54) is 11.1 Å². The van der Waals surface area contributed by atoms with Crippen molar-refractivity contribution in [3.63, 3.8) is 0 Å². The lowest BCUT2D eigenvalue weighted by Crippen LogP contribution is -2.58. The lowest BCUT2D eigenvalue weighted by atomic mass is 9.39. The lowest BCUT2D eigenvalue weighted by Gasteiger charge is -2.61. The van der Waals surface area contributed by atoms with E-state index >= 15 is 0 Å². The molecule has 1 saturated heterocycles. The van der Waals surface area contributed by atoms with Gasteiger partial charge in [0.1, 0.15) is 11.5 Å². The van der Waals surface area contributed by atoms with Crippen LogP contribution in [0.5, 0.6) is 0 Å². The van der Waals surface area contributed by atoms with E-state index in [0.29, 0.717) is 0 Å². The van der Waals surface area contributed by atoms with Crippen molar-refractivity contribution in [2.45, 2.75) is 71.6 Å². The smallest absolute Gasteiger partial charge is 0.340 e. The van der Waals surface area contributed by atoms with Crippen molar-refractivity contribution in [1.82, 2.24) is 0 Å². The third-order valence-electron chi connectivity index (χ3n) is 10.8. The number of ether oxygens (including phenoxy) is 2. The van der Waals surface area contributed by atoms with Gasteiger partial charge in [0.25, 0.3) is 0 Å². The molecular formula is C38H40O4. The number of rotatable bonds is 8. The minimum Gasteiger partial charge on any atom is -0.427 e. The minimum absolute atomic E-state index is 0.153. The average Bonchev–Trinajstić information content (AvgIpc) is 3.49. The van der Waals surface area contributed by atoms with E-state index in [4.69, 9.17) is 9.47 Å². The number of unbranched alkanes of at least 4 members (excludes halogenated alkanes) is 1. The fourth-order valence-corrected chi connectivity index (χ4v) is 8.92. The zero-order valence-electron chi connectivity index (χ0n) is 24.7. The maximum atomic E-state index is 13.9. The third-order valence-corrected chi connectivity index (χ3v) is 10.8. The Kier molecular flexibility index (Phi) is 6.84. The van der Waals surface area contributed by atoms with E-state index in [0.717, 1.165) is 86.0 Å². The molecule has 2 aromatic carbocycles. The molecule has 4 aliphatic carbocycles. The summed E-state index contributed by atoms with van der Waals surface area (Å²) in [5, 5.41) is 0. The van der Waals surface area contributed by atoms with Crippen LogP contribution in [0.25, 0.3) is 0 Å². The molecule has 8 rings (SSSR count). The molecule has 2 heterocycles. The molecule has 4 nitrogen and oxygen atoms in total. The Hall–Kier alpha value is -3.66. The van der Waals surface area contributed by atoms with Crippen LogP contribution >= 0.6 is 0 Å². The predicted octanol–water partition coefficient (Wildman–Crippen LogP) is 8.21. The molecule has 0 radical (unpaired) electrons. The van der Waals surface area contributed by atoms with Gasteiger partial charge in [-0.3, -0.25) is 0 Å². The molecule has 42 heavy (non-hydrogen) atoms. The summed E-state index contributed by atoms with van der Waals surface area (Å²) in [6.07, 6.45) is 14.8. The second kappa shape index (κ2) is 10.6. The maximum absolute atomic E-state index is 13.9. The molecule has 0 N–H and O–H groups in total. The minimum atomic E-state index is -0.634. The Morgan fingerprint density at radius 1 is 0.929 bits per heavy atom. The Morgan fingerprint density at radius 3 is 2.38 bits per heavy atom. The van der Waals surface area contributed by atoms with Crippen LogP contribution in [-0.4, -0.2) is 11.9 Å². The highest BCUT2D eigenvalue weighted by molar-refractivity contribution is 6.00. The van der Waals surface area contributed by atoms with Gasteiger partial charge in [-0.1, -0.05) is 87.0 Å². The topological polar surface area (TPSA) is 52.6 Å². The largest absolute Gasteiger partial charge is 0.427 e. The molecule has 5 unspecified atom stereocenters. The zero-order valence-corrected chi connectivity index (χ0v) is 24.7. The number of benzene rings is 2. The van der Waals surface area contributed by atoms with Crippen molar-refractivity contribution in [2.24, 2.45) is 28.6 Å². The van der Waals surface area contributed by atoms with Gasteiger partial charge in [0, 0.05) is 22.6 Å². The van der Waals surface area contributed by atoms with Gasteiger partial charge in [0.15, 0.2) is 0 Å². The maximum Gasteiger partial charge on any atom is 0.340 e. The molecule has 2 bridgehead atoms. The number of carbonyl (C=O) groups excluding carboxylic acids is 2. The average molecular weight is 561 g/mol. The van der Waals surface area contributed by atoms with Gasteiger partial charge in [-0.05, 0) is 91.9 Å². The van der Waals surface area contributed by atoms with Crippen LogP contribution in [0.1, 0.15) is 69.9 Å². The van der Waals surface area contributed by atoms with Gasteiger partial charge >= 0.3 is 11.9 Å². The molecule has 2 aliphatic heterocycles. The normalized spacial score (nSPS) is 31.9. The summed E-state index contributed by atoms with van der Waals surface area (Å²) in [5.41, 5.74) is 4.40. The summed E-state index contributed by atoms with van der Waals surface area (Å²) >= 11 is 0. The molecule has 216 valence electrons. The summed E-state index contributed by atoms with van der Waals surface area (Å²) in [4.78, 5) is 27.6. The van der Waals surface area contributed by atoms with E-state index in [2.05, 4.69) is 86.7 Å². The Balaban J connectivity index is 1.41. The Labute approximate surface area is 249 Å². The lowest BCUT2D eigenvalue weighted by molar-refractivity contribution is -0.136. The van der Waals surface area contributed by atoms with Crippen molar-refractivity contribution in [1.29, 1.82) is 0 Å². The van der Waals surface area contributed by atoms with Crippen LogP contribution in [-0.2, 0) is 31.9 Å². The molecule has 5 atom stereocenters. The van der Waals surface area contributed by atoms with E-state index in [1.54, 1.807) is 0 Å². The molecular weight excluding hydrogens is 520 g/mol. The number of cyclic esters (lactones) is 2. The number of fused-ring (bicyclic) bond motifs is 1. The number of carbonyl (C=O) groups is 2. The molecule has 4 heteroatoms. The fourth-order valence-electron chi connectivity index (χ4n) is 8.92. The molecule has 6 aliphatic rings. The molecule has 0 amide bonds. The van der Waals surface area contributed by atoms with Crippen LogP contribution in [0, 0.1) is 28.6 Å². The highest BCUT2D eigenvalue weighted by Crippen LogP contribution is 2.73. The summed E-state index contributed by atoms with van der Waals surface area (Å²) in [6.45, 7) is 4.34. The van der Waals surface area contributed by atoms with Crippen LogP contribution in [0.3, 0.4) is 0 Å². The van der Waals surface area contributed by atoms with Gasteiger partial charge in [0.05, 0.1) is 5.41 Å². The van der Waals surface area contributed by atoms with Gasteiger partial charge < -0.3 is 9.47 Å². The first-order valence-electron chi connectivity index (χ1n) is 15.9. The standard InChI is InChI=1S/C38H40O4/c1-3-5-16-31-29-18-19-37(24-27-14-10-7-11-15-27)28-17-20-38(34(37)33(29)36(40)41-31)30(23-28)35(39)42-32(38)22-25(4-2)21-26-12-8-6-9-13-26/h6-16,22-23,25,28,34H,3-5,17-21,24H2,1-2H3. The van der Waals surface area contributed by atoms with E-state index in [9.17, 15) is 9.59 Å². The van der Waals surface area contributed by atoms with Crippen molar-refractivity contribution in [2.75, 3.05) is 0 Å². The highest BCUT2D eigenvalue weighted by atomic mass is 16.5. The SMILES string of the molecule is CCCC=C1OC(=O)C2=C1CCC1(Cc3ccccc3)C3C=C4C(=O)OC(=CC(CC)Cc5ccccc5)C4(CC3)C21. The summed E-state index contributed by atoms with van der Waals surface area (Å²) < 4.78 is 12.3. The molecule has 1 saturated carbocycles. The Bertz CT molecular complexity index is 1530. The van der Waals surface area contributed by atoms with Crippen molar-refractivity contribution < 1.29 is 19.1 Å². The second-order valence-corrected chi connectivity index (χ2v) is 12.9. The van der Waals surface area contributed by atoms with Crippen LogP contribution in [0.2, 0.25) is 0 Å². The second-order valence-electron chi connectivity index (χ2n) is 12.9. The summed E-state index contributed by atoms with van der Waals surface area (Å²) in [7, 11) is 0. The third kappa shape index (κ3) is 4.09. The van der Waals surface area contributed by atoms with Crippen LogP contribution in [0.15, 0.2) is 107 Å². The summed E-state index contributed by atoms with van der Waals surface area (Å²) in [6, 6.07) is 21.2. The molecule has 0 aromatic heterocycles. The van der Waals surface area contributed by atoms with Gasteiger partial charge in [-0.2, -0.15) is 0 Å². The first kappa shape index (κ1) is 27.2. The van der Waals surface area contributed by atoms with Gasteiger partial charge in [-0.15, -0.1) is 0 Å². The van der Waals surface area contributed by atoms with Crippen molar-refractivity contribution >= 4 is 11.9 Å². The predicted molar refractivity (Wildman–Crippen MR) is 163 cm³/mol. The Morgan fingerprint density at radius 2 is 1.67 bits per heavy atom. The van der Waals surface area contributed by atoms with Crippen LogP contribution < -0.4 is 0 Å². The van der Waals surface area contributed by atoms with Crippen LogP contribution in [0.4, 0.5) is 0 Å². The number of esters is 2. The zero-order chi connectivity index (χ0) is 28.9. The molecule has 2 aromatic rings. The first-order chi connectivity index (χ1) is 20.5. The fraction of sp³-hybridized carbons (Fsp3) is 0.421. The number of hydrogen-bond acceptors (Lipinski definition) is 4. The first-order valence-corrected chi connectivity index (χ1v) is 15.9. The van der Waals surface area contributed by atoms with Crippen molar-refractivity contribution in [3.8, 4) is 0 Å². The quantitative estimate of drug-likeness (QED) is 0.305. The highest BCUT2D eigenvalue weighted by Gasteiger charge is 2.71. The van der Waals surface area contributed by atoms with Gasteiger partial charge in [-0.25, -0.2) is 9.59 Å². The number of allylic oxidation sites excluding steroid dienone is 5.